The molecule has 0 spiro atoms. The van der Waals surface area contributed by atoms with Crippen LogP contribution in [-0.2, 0) is 9.53 Å². The Balaban J connectivity index is 0.00000242. The molecule has 0 bridgehead atoms. The molecule has 0 radical (unpaired) electrons. The molecule has 4 N–H and O–H groups in total. The number of ether oxygens (including phenoxy) is 1. The van der Waals surface area contributed by atoms with E-state index in [2.05, 4.69) is 5.32 Å². The molecule has 22 heavy (non-hydrogen) atoms. The van der Waals surface area contributed by atoms with Gasteiger partial charge in [0.15, 0.2) is 0 Å². The van der Waals surface area contributed by atoms with Gasteiger partial charge in [-0.05, 0) is 30.9 Å². The fraction of sp³-hybridized carbons (Fsp3) is 0.562. The van der Waals surface area contributed by atoms with Crippen LogP contribution in [0.5, 0.6) is 0 Å². The number of hydrogen-bond acceptors (Lipinski definition) is 4. The summed E-state index contributed by atoms with van der Waals surface area (Å²) in [4.78, 5) is 12.4. The lowest BCUT2D eigenvalue weighted by Crippen LogP contribution is -2.49. The number of aryl methyl sites for hydroxylation is 1. The topological polar surface area (TPSA) is 84.6 Å². The standard InChI is InChI=1S/C16H24N2O3.ClH/c1-12-4-2-3-5-13(12)14(19)10-18-15(20)16(11-17)6-8-21-9-7-16;/h2-5,14,19H,6-11,17H2,1H3,(H,18,20);1H. The quantitative estimate of drug-likeness (QED) is 0.761. The number of benzene rings is 1. The monoisotopic (exact) mass is 328 g/mol. The Morgan fingerprint density at radius 2 is 2.05 bits per heavy atom. The van der Waals surface area contributed by atoms with Gasteiger partial charge in [-0.15, -0.1) is 12.4 Å². The van der Waals surface area contributed by atoms with E-state index < -0.39 is 11.5 Å². The maximum Gasteiger partial charge on any atom is 0.227 e. The van der Waals surface area contributed by atoms with Gasteiger partial charge in [0, 0.05) is 26.3 Å². The Labute approximate surface area is 137 Å². The molecule has 1 fully saturated rings. The highest BCUT2D eigenvalue weighted by Crippen LogP contribution is 2.29. The van der Waals surface area contributed by atoms with Crippen molar-refractivity contribution in [2.45, 2.75) is 25.9 Å². The van der Waals surface area contributed by atoms with E-state index >= 15 is 0 Å². The van der Waals surface area contributed by atoms with Crippen LogP contribution in [0.3, 0.4) is 0 Å². The number of carbonyl (C=O) groups excluding carboxylic acids is 1. The Bertz CT molecular complexity index is 490. The predicted molar refractivity (Wildman–Crippen MR) is 87.9 cm³/mol. The van der Waals surface area contributed by atoms with Crippen molar-refractivity contribution in [3.05, 3.63) is 35.4 Å². The van der Waals surface area contributed by atoms with Gasteiger partial charge < -0.3 is 20.9 Å². The summed E-state index contributed by atoms with van der Waals surface area (Å²) in [5.41, 5.74) is 7.10. The largest absolute Gasteiger partial charge is 0.387 e. The molecular weight excluding hydrogens is 304 g/mol. The Morgan fingerprint density at radius 3 is 2.64 bits per heavy atom. The molecule has 2 rings (SSSR count). The van der Waals surface area contributed by atoms with Crippen molar-refractivity contribution in [2.75, 3.05) is 26.3 Å². The molecule has 1 aromatic carbocycles. The van der Waals surface area contributed by atoms with E-state index in [0.29, 0.717) is 32.6 Å². The average Bonchev–Trinajstić information content (AvgIpc) is 2.53. The van der Waals surface area contributed by atoms with Crippen LogP contribution >= 0.6 is 12.4 Å². The SMILES string of the molecule is Cc1ccccc1C(O)CNC(=O)C1(CN)CCOCC1.Cl. The lowest BCUT2D eigenvalue weighted by atomic mass is 9.79. The lowest BCUT2D eigenvalue weighted by Gasteiger charge is -2.34. The first-order valence-corrected chi connectivity index (χ1v) is 7.39. The molecule has 6 heteroatoms. The minimum Gasteiger partial charge on any atom is -0.387 e. The summed E-state index contributed by atoms with van der Waals surface area (Å²) in [6.07, 6.45) is 0.566. The first-order chi connectivity index (χ1) is 10.1. The average molecular weight is 329 g/mol. The summed E-state index contributed by atoms with van der Waals surface area (Å²) in [6.45, 7) is 3.57. The van der Waals surface area contributed by atoms with E-state index in [1.807, 2.05) is 31.2 Å². The number of hydrogen-bond donors (Lipinski definition) is 3. The highest BCUT2D eigenvalue weighted by atomic mass is 35.5. The number of carbonyl (C=O) groups is 1. The third-order valence-corrected chi connectivity index (χ3v) is 4.33. The van der Waals surface area contributed by atoms with E-state index in [0.717, 1.165) is 11.1 Å². The van der Waals surface area contributed by atoms with Gasteiger partial charge in [-0.3, -0.25) is 4.79 Å². The summed E-state index contributed by atoms with van der Waals surface area (Å²) < 4.78 is 5.30. The molecule has 1 amide bonds. The number of halogens is 1. The van der Waals surface area contributed by atoms with Crippen LogP contribution in [0.4, 0.5) is 0 Å². The molecule has 1 atom stereocenters. The van der Waals surface area contributed by atoms with Crippen molar-refractivity contribution >= 4 is 18.3 Å². The van der Waals surface area contributed by atoms with Crippen LogP contribution in [0.25, 0.3) is 0 Å². The number of nitrogens with two attached hydrogens (primary N) is 1. The molecule has 0 aliphatic carbocycles. The first-order valence-electron chi connectivity index (χ1n) is 7.39. The van der Waals surface area contributed by atoms with Gasteiger partial charge in [0.05, 0.1) is 11.5 Å². The molecule has 1 saturated heterocycles. The minimum absolute atomic E-state index is 0. The van der Waals surface area contributed by atoms with Crippen molar-refractivity contribution in [1.29, 1.82) is 0 Å². The fourth-order valence-corrected chi connectivity index (χ4v) is 2.73. The molecule has 1 heterocycles. The third-order valence-electron chi connectivity index (χ3n) is 4.33. The summed E-state index contributed by atoms with van der Waals surface area (Å²) >= 11 is 0. The maximum atomic E-state index is 12.4. The smallest absolute Gasteiger partial charge is 0.227 e. The molecule has 1 aliphatic rings. The highest BCUT2D eigenvalue weighted by Gasteiger charge is 2.38. The minimum atomic E-state index is -0.704. The Hall–Kier alpha value is -1.14. The van der Waals surface area contributed by atoms with Crippen molar-refractivity contribution < 1.29 is 14.6 Å². The van der Waals surface area contributed by atoms with Crippen molar-refractivity contribution in [3.63, 3.8) is 0 Å². The van der Waals surface area contributed by atoms with Gasteiger partial charge in [0.2, 0.25) is 5.91 Å². The van der Waals surface area contributed by atoms with Crippen LogP contribution in [-0.4, -0.2) is 37.3 Å². The summed E-state index contributed by atoms with van der Waals surface area (Å²) in [6, 6.07) is 7.63. The number of amides is 1. The van der Waals surface area contributed by atoms with Gasteiger partial charge in [-0.25, -0.2) is 0 Å². The zero-order valence-corrected chi connectivity index (χ0v) is 13.7. The fourth-order valence-electron chi connectivity index (χ4n) is 2.73. The molecule has 1 unspecified atom stereocenters. The van der Waals surface area contributed by atoms with Crippen LogP contribution in [0.1, 0.15) is 30.1 Å². The lowest BCUT2D eigenvalue weighted by molar-refractivity contribution is -0.136. The zero-order valence-electron chi connectivity index (χ0n) is 12.9. The number of rotatable bonds is 5. The second-order valence-corrected chi connectivity index (χ2v) is 5.68. The van der Waals surface area contributed by atoms with E-state index in [1.54, 1.807) is 0 Å². The Morgan fingerprint density at radius 1 is 1.41 bits per heavy atom. The van der Waals surface area contributed by atoms with Gasteiger partial charge in [0.25, 0.3) is 0 Å². The van der Waals surface area contributed by atoms with Crippen LogP contribution in [0.15, 0.2) is 24.3 Å². The third kappa shape index (κ3) is 4.20. The summed E-state index contributed by atoms with van der Waals surface area (Å²) in [5, 5.41) is 13.1. The Kier molecular flexibility index (Phi) is 7.29. The van der Waals surface area contributed by atoms with E-state index in [9.17, 15) is 9.90 Å². The van der Waals surface area contributed by atoms with Crippen LogP contribution in [0.2, 0.25) is 0 Å². The van der Waals surface area contributed by atoms with Crippen molar-refractivity contribution in [3.8, 4) is 0 Å². The van der Waals surface area contributed by atoms with Crippen LogP contribution < -0.4 is 11.1 Å². The molecule has 0 aromatic heterocycles. The molecule has 5 nitrogen and oxygen atoms in total. The molecule has 124 valence electrons. The van der Waals surface area contributed by atoms with E-state index in [1.165, 1.54) is 0 Å². The number of aliphatic hydroxyl groups is 1. The van der Waals surface area contributed by atoms with Gasteiger partial charge in [-0.1, -0.05) is 24.3 Å². The number of nitrogens with one attached hydrogen (secondary N) is 1. The number of aliphatic hydroxyl groups excluding tert-OH is 1. The maximum absolute atomic E-state index is 12.4. The van der Waals surface area contributed by atoms with Crippen molar-refractivity contribution in [2.24, 2.45) is 11.1 Å². The van der Waals surface area contributed by atoms with Crippen molar-refractivity contribution in [1.82, 2.24) is 5.32 Å². The second-order valence-electron chi connectivity index (χ2n) is 5.68. The molecule has 1 aromatic rings. The zero-order chi connectivity index (χ0) is 15.3. The molecule has 0 saturated carbocycles. The van der Waals surface area contributed by atoms with Gasteiger partial charge >= 0.3 is 0 Å². The van der Waals surface area contributed by atoms with Gasteiger partial charge in [-0.2, -0.15) is 0 Å². The predicted octanol–water partition coefficient (Wildman–Crippen LogP) is 1.32. The van der Waals surface area contributed by atoms with E-state index in [-0.39, 0.29) is 24.9 Å². The molecule has 1 aliphatic heterocycles. The van der Waals surface area contributed by atoms with Crippen LogP contribution in [0, 0.1) is 12.3 Å². The van der Waals surface area contributed by atoms with Gasteiger partial charge in [0.1, 0.15) is 0 Å². The summed E-state index contributed by atoms with van der Waals surface area (Å²) in [7, 11) is 0. The summed E-state index contributed by atoms with van der Waals surface area (Å²) in [5.74, 6) is -0.0825. The van der Waals surface area contributed by atoms with E-state index in [4.69, 9.17) is 10.5 Å². The normalized spacial score (nSPS) is 18.1. The highest BCUT2D eigenvalue weighted by molar-refractivity contribution is 5.85. The second kappa shape index (κ2) is 8.48. The first kappa shape index (κ1) is 18.9. The molecular formula is C16H25ClN2O3.